The van der Waals surface area contributed by atoms with Crippen LogP contribution in [0.2, 0.25) is 0 Å². The molecule has 6 nitrogen and oxygen atoms in total. The van der Waals surface area contributed by atoms with Gasteiger partial charge in [-0.25, -0.2) is 4.98 Å². The van der Waals surface area contributed by atoms with Gasteiger partial charge < -0.3 is 16.4 Å². The van der Waals surface area contributed by atoms with Crippen molar-refractivity contribution in [1.82, 2.24) is 4.98 Å². The molecule has 1 aromatic heterocycles. The number of rotatable bonds is 5. The molecule has 0 bridgehead atoms. The van der Waals surface area contributed by atoms with Crippen molar-refractivity contribution in [2.24, 2.45) is 10.7 Å². The minimum absolute atomic E-state index is 0.143. The first-order chi connectivity index (χ1) is 11.4. The van der Waals surface area contributed by atoms with Gasteiger partial charge >= 0.3 is 0 Å². The fraction of sp³-hybridized carbons (Fsp3) is 0.278. The van der Waals surface area contributed by atoms with Gasteiger partial charge in [0.2, 0.25) is 5.91 Å². The van der Waals surface area contributed by atoms with Crippen LogP contribution in [0.15, 0.2) is 41.4 Å². The van der Waals surface area contributed by atoms with E-state index >= 15 is 0 Å². The van der Waals surface area contributed by atoms with E-state index in [4.69, 9.17) is 5.73 Å². The third-order valence-electron chi connectivity index (χ3n) is 3.56. The van der Waals surface area contributed by atoms with Crippen molar-refractivity contribution in [1.29, 1.82) is 0 Å². The van der Waals surface area contributed by atoms with E-state index in [-0.39, 0.29) is 12.3 Å². The maximum Gasteiger partial charge on any atom is 0.227 e. The topological polar surface area (TPSA) is 92.4 Å². The lowest BCUT2D eigenvalue weighted by molar-refractivity contribution is -0.116. The second kappa shape index (κ2) is 8.10. The number of aromatic nitrogens is 1. The number of carbonyl (C=O) groups excluding carboxylic acids is 1. The molecule has 4 N–H and O–H groups in total. The third kappa shape index (κ3) is 5.39. The first-order valence-corrected chi connectivity index (χ1v) is 7.82. The van der Waals surface area contributed by atoms with Crippen LogP contribution in [0.5, 0.6) is 0 Å². The van der Waals surface area contributed by atoms with E-state index in [2.05, 4.69) is 27.5 Å². The summed E-state index contributed by atoms with van der Waals surface area (Å²) in [4.78, 5) is 20.3. The minimum atomic E-state index is -0.143. The number of pyridine rings is 1. The van der Waals surface area contributed by atoms with Gasteiger partial charge in [0.05, 0.1) is 6.54 Å². The van der Waals surface area contributed by atoms with Crippen LogP contribution in [0.3, 0.4) is 0 Å². The summed E-state index contributed by atoms with van der Waals surface area (Å²) < 4.78 is 0. The molecule has 0 aliphatic carbocycles. The second-order valence-corrected chi connectivity index (χ2v) is 5.65. The monoisotopic (exact) mass is 325 g/mol. The van der Waals surface area contributed by atoms with Gasteiger partial charge in [0, 0.05) is 17.8 Å². The summed E-state index contributed by atoms with van der Waals surface area (Å²) in [5.74, 6) is 0.695. The van der Waals surface area contributed by atoms with Crippen molar-refractivity contribution in [2.45, 2.75) is 27.2 Å². The van der Waals surface area contributed by atoms with Gasteiger partial charge in [-0.2, -0.15) is 0 Å². The average Bonchev–Trinajstić information content (AvgIpc) is 2.51. The van der Waals surface area contributed by atoms with Crippen LogP contribution in [0, 0.1) is 20.8 Å². The zero-order valence-electron chi connectivity index (χ0n) is 14.3. The third-order valence-corrected chi connectivity index (χ3v) is 3.56. The molecule has 24 heavy (non-hydrogen) atoms. The van der Waals surface area contributed by atoms with Gasteiger partial charge in [-0.1, -0.05) is 12.1 Å². The first-order valence-electron chi connectivity index (χ1n) is 7.82. The van der Waals surface area contributed by atoms with Gasteiger partial charge in [-0.05, 0) is 56.2 Å². The molecule has 2 aromatic rings. The van der Waals surface area contributed by atoms with Crippen molar-refractivity contribution >= 4 is 23.4 Å². The molecule has 0 saturated carbocycles. The van der Waals surface area contributed by atoms with E-state index in [0.717, 1.165) is 11.4 Å². The van der Waals surface area contributed by atoms with Crippen LogP contribution < -0.4 is 16.4 Å². The Labute approximate surface area is 142 Å². The maximum absolute atomic E-state index is 11.9. The van der Waals surface area contributed by atoms with Gasteiger partial charge in [0.25, 0.3) is 0 Å². The van der Waals surface area contributed by atoms with Crippen LogP contribution >= 0.6 is 0 Å². The molecule has 0 unspecified atom stereocenters. The van der Waals surface area contributed by atoms with Crippen LogP contribution in [0.25, 0.3) is 0 Å². The number of hydrogen-bond acceptors (Lipinski definition) is 3. The number of aliphatic imine (C=N–C) groups is 1. The number of hydrogen-bond donors (Lipinski definition) is 3. The summed E-state index contributed by atoms with van der Waals surface area (Å²) in [7, 11) is 0. The Kier molecular flexibility index (Phi) is 5.89. The Bertz CT molecular complexity index is 755. The Morgan fingerprint density at radius 2 is 1.92 bits per heavy atom. The number of carbonyl (C=O) groups is 1. The Hall–Kier alpha value is -2.89. The van der Waals surface area contributed by atoms with E-state index in [9.17, 15) is 4.79 Å². The standard InChI is InChI=1S/C18H23N5O/c1-12-7-8-15(11-13(12)2)22-18(19)20-10-9-17(24)23-16-6-4-5-14(3)21-16/h4-8,11H,9-10H2,1-3H3,(H3,19,20,22)(H,21,23,24). The van der Waals surface area contributed by atoms with Crippen LogP contribution in [-0.4, -0.2) is 23.4 Å². The first kappa shape index (κ1) is 17.5. The highest BCUT2D eigenvalue weighted by Gasteiger charge is 2.03. The van der Waals surface area contributed by atoms with E-state index < -0.39 is 0 Å². The molecule has 0 aliphatic rings. The largest absolute Gasteiger partial charge is 0.370 e. The molecule has 0 fully saturated rings. The fourth-order valence-electron chi connectivity index (χ4n) is 2.10. The zero-order chi connectivity index (χ0) is 17.5. The van der Waals surface area contributed by atoms with Crippen molar-refractivity contribution in [3.8, 4) is 0 Å². The number of amides is 1. The molecular formula is C18H23N5O. The van der Waals surface area contributed by atoms with E-state index in [1.165, 1.54) is 11.1 Å². The smallest absolute Gasteiger partial charge is 0.227 e. The van der Waals surface area contributed by atoms with Gasteiger partial charge in [0.1, 0.15) is 5.82 Å². The minimum Gasteiger partial charge on any atom is -0.370 e. The molecule has 1 heterocycles. The SMILES string of the molecule is Cc1cccc(NC(=O)CCN=C(N)Nc2ccc(C)c(C)c2)n1. The molecule has 1 amide bonds. The lowest BCUT2D eigenvalue weighted by Crippen LogP contribution is -2.23. The molecule has 0 radical (unpaired) electrons. The van der Waals surface area contributed by atoms with Crippen molar-refractivity contribution in [3.05, 3.63) is 53.2 Å². The number of guanidine groups is 1. The molecule has 0 atom stereocenters. The molecular weight excluding hydrogens is 302 g/mol. The second-order valence-electron chi connectivity index (χ2n) is 5.65. The number of benzene rings is 1. The number of aryl methyl sites for hydroxylation is 3. The van der Waals surface area contributed by atoms with Crippen molar-refractivity contribution in [2.75, 3.05) is 17.2 Å². The molecule has 126 valence electrons. The van der Waals surface area contributed by atoms with Gasteiger partial charge in [-0.15, -0.1) is 0 Å². The highest BCUT2D eigenvalue weighted by atomic mass is 16.1. The predicted molar refractivity (Wildman–Crippen MR) is 98.2 cm³/mol. The average molecular weight is 325 g/mol. The predicted octanol–water partition coefficient (Wildman–Crippen LogP) is 2.76. The van der Waals surface area contributed by atoms with Crippen molar-refractivity contribution in [3.63, 3.8) is 0 Å². The van der Waals surface area contributed by atoms with E-state index in [1.54, 1.807) is 6.07 Å². The molecule has 1 aromatic carbocycles. The Morgan fingerprint density at radius 3 is 2.62 bits per heavy atom. The lowest BCUT2D eigenvalue weighted by atomic mass is 10.1. The quantitative estimate of drug-likeness (QED) is 0.582. The lowest BCUT2D eigenvalue weighted by Gasteiger charge is -2.08. The number of anilines is 2. The van der Waals surface area contributed by atoms with E-state index in [0.29, 0.717) is 18.3 Å². The zero-order valence-corrected chi connectivity index (χ0v) is 14.3. The molecule has 0 saturated heterocycles. The summed E-state index contributed by atoms with van der Waals surface area (Å²) >= 11 is 0. The Morgan fingerprint density at radius 1 is 1.12 bits per heavy atom. The normalized spacial score (nSPS) is 11.2. The number of nitrogens with zero attached hydrogens (tertiary/aromatic N) is 2. The van der Waals surface area contributed by atoms with Crippen molar-refractivity contribution < 1.29 is 4.79 Å². The van der Waals surface area contributed by atoms with Crippen LogP contribution in [0.4, 0.5) is 11.5 Å². The summed E-state index contributed by atoms with van der Waals surface area (Å²) in [6.07, 6.45) is 0.241. The fourth-order valence-corrected chi connectivity index (χ4v) is 2.10. The summed E-state index contributed by atoms with van der Waals surface area (Å²) in [6.45, 7) is 6.27. The van der Waals surface area contributed by atoms with Crippen LogP contribution in [0.1, 0.15) is 23.2 Å². The highest BCUT2D eigenvalue weighted by molar-refractivity contribution is 5.93. The highest BCUT2D eigenvalue weighted by Crippen LogP contribution is 2.13. The molecule has 6 heteroatoms. The maximum atomic E-state index is 11.9. The summed E-state index contributed by atoms with van der Waals surface area (Å²) in [5.41, 5.74) is 9.98. The number of nitrogens with two attached hydrogens (primary N) is 1. The molecule has 0 aliphatic heterocycles. The van der Waals surface area contributed by atoms with Gasteiger partial charge in [-0.3, -0.25) is 9.79 Å². The molecule has 0 spiro atoms. The molecule has 2 rings (SSSR count). The van der Waals surface area contributed by atoms with E-state index in [1.807, 2.05) is 44.2 Å². The Balaban J connectivity index is 1.81. The van der Waals surface area contributed by atoms with Gasteiger partial charge in [0.15, 0.2) is 5.96 Å². The summed E-state index contributed by atoms with van der Waals surface area (Å²) in [6, 6.07) is 11.5. The number of nitrogens with one attached hydrogen (secondary N) is 2. The summed E-state index contributed by atoms with van der Waals surface area (Å²) in [5, 5.41) is 5.76. The van der Waals surface area contributed by atoms with Crippen LogP contribution in [-0.2, 0) is 4.79 Å².